The molecule has 1 aliphatic carbocycles. The molecule has 2 fully saturated rings. The number of carbonyl (C=O) groups is 1. The molecule has 2 unspecified atom stereocenters. The minimum atomic E-state index is -0.0408. The molecule has 0 spiro atoms. The van der Waals surface area contributed by atoms with Crippen molar-refractivity contribution in [3.63, 3.8) is 0 Å². The molecule has 108 valence electrons. The topological polar surface area (TPSA) is 53.9 Å². The highest BCUT2D eigenvalue weighted by Gasteiger charge is 2.35. The number of piperidine rings is 1. The predicted octanol–water partition coefficient (Wildman–Crippen LogP) is 1.25. The van der Waals surface area contributed by atoms with Crippen molar-refractivity contribution in [2.24, 2.45) is 16.8 Å². The van der Waals surface area contributed by atoms with Crippen molar-refractivity contribution >= 4 is 11.9 Å². The van der Waals surface area contributed by atoms with Gasteiger partial charge in [0.1, 0.15) is 0 Å². The molecule has 1 saturated heterocycles. The highest BCUT2D eigenvalue weighted by atomic mass is 16.5. The van der Waals surface area contributed by atoms with Crippen LogP contribution in [0.15, 0.2) is 4.99 Å². The van der Waals surface area contributed by atoms with Crippen LogP contribution in [0.5, 0.6) is 0 Å². The number of nitrogens with one attached hydrogen (secondary N) is 1. The van der Waals surface area contributed by atoms with Gasteiger partial charge in [0.05, 0.1) is 12.5 Å². The highest BCUT2D eigenvalue weighted by molar-refractivity contribution is 5.81. The highest BCUT2D eigenvalue weighted by Crippen LogP contribution is 2.29. The van der Waals surface area contributed by atoms with Crippen LogP contribution in [0.1, 0.15) is 33.1 Å². The number of esters is 1. The first kappa shape index (κ1) is 14.2. The van der Waals surface area contributed by atoms with Crippen molar-refractivity contribution in [1.29, 1.82) is 0 Å². The van der Waals surface area contributed by atoms with Gasteiger partial charge in [0.15, 0.2) is 5.96 Å². The number of aliphatic imine (C=N–C) groups is 1. The number of guanidine groups is 1. The van der Waals surface area contributed by atoms with Gasteiger partial charge in [-0.25, -0.2) is 0 Å². The molecule has 1 N–H and O–H groups in total. The first-order valence-electron chi connectivity index (χ1n) is 7.30. The average molecular weight is 267 g/mol. The van der Waals surface area contributed by atoms with E-state index in [1.807, 2.05) is 14.0 Å². The molecule has 2 aliphatic rings. The first-order valence-corrected chi connectivity index (χ1v) is 7.30. The molecule has 0 aromatic carbocycles. The second-order valence-corrected chi connectivity index (χ2v) is 5.52. The van der Waals surface area contributed by atoms with Crippen molar-refractivity contribution in [2.75, 3.05) is 26.7 Å². The molecule has 5 nitrogen and oxygen atoms in total. The van der Waals surface area contributed by atoms with Gasteiger partial charge in [-0.15, -0.1) is 0 Å². The monoisotopic (exact) mass is 267 g/mol. The third-order valence-electron chi connectivity index (χ3n) is 4.05. The van der Waals surface area contributed by atoms with Crippen LogP contribution in [0.2, 0.25) is 0 Å². The average Bonchev–Trinajstić information content (AvgIpc) is 3.12. The Balaban J connectivity index is 1.79. The number of rotatable bonds is 3. The van der Waals surface area contributed by atoms with Gasteiger partial charge >= 0.3 is 5.97 Å². The molecule has 0 amide bonds. The maximum atomic E-state index is 11.7. The Hall–Kier alpha value is -1.26. The molecule has 2 rings (SSSR count). The van der Waals surface area contributed by atoms with Crippen molar-refractivity contribution in [2.45, 2.75) is 39.2 Å². The number of nitrogens with zero attached hydrogens (tertiary/aromatic N) is 2. The van der Waals surface area contributed by atoms with Crippen LogP contribution >= 0.6 is 0 Å². The summed E-state index contributed by atoms with van der Waals surface area (Å²) in [6.07, 6.45) is 2.96. The Morgan fingerprint density at radius 2 is 2.05 bits per heavy atom. The summed E-state index contributed by atoms with van der Waals surface area (Å²) in [5, 5.41) is 3.49. The van der Waals surface area contributed by atoms with E-state index < -0.39 is 0 Å². The van der Waals surface area contributed by atoms with Crippen molar-refractivity contribution in [3.8, 4) is 0 Å². The first-order chi connectivity index (χ1) is 9.15. The summed E-state index contributed by atoms with van der Waals surface area (Å²) < 4.78 is 5.09. The van der Waals surface area contributed by atoms with Gasteiger partial charge in [0.25, 0.3) is 0 Å². The van der Waals surface area contributed by atoms with E-state index in [1.54, 1.807) is 0 Å². The number of likely N-dealkylation sites (tertiary alicyclic amines) is 1. The summed E-state index contributed by atoms with van der Waals surface area (Å²) >= 11 is 0. The van der Waals surface area contributed by atoms with Gasteiger partial charge in [-0.05, 0) is 32.1 Å². The van der Waals surface area contributed by atoms with E-state index in [0.717, 1.165) is 37.8 Å². The van der Waals surface area contributed by atoms with Gasteiger partial charge < -0.3 is 15.0 Å². The summed E-state index contributed by atoms with van der Waals surface area (Å²) in [5.74, 6) is 1.76. The van der Waals surface area contributed by atoms with E-state index >= 15 is 0 Å². The molecule has 1 heterocycles. The van der Waals surface area contributed by atoms with E-state index in [2.05, 4.69) is 22.1 Å². The summed E-state index contributed by atoms with van der Waals surface area (Å²) in [6.45, 7) is 6.34. The van der Waals surface area contributed by atoms with Gasteiger partial charge in [0, 0.05) is 26.2 Å². The number of hydrogen-bond donors (Lipinski definition) is 1. The maximum Gasteiger partial charge on any atom is 0.309 e. The number of ether oxygens (including phenoxy) is 1. The van der Waals surface area contributed by atoms with Gasteiger partial charge in [-0.3, -0.25) is 9.79 Å². The summed E-state index contributed by atoms with van der Waals surface area (Å²) in [4.78, 5) is 18.3. The quantitative estimate of drug-likeness (QED) is 0.475. The van der Waals surface area contributed by atoms with Crippen molar-refractivity contribution in [1.82, 2.24) is 10.2 Å². The molecule has 5 heteroatoms. The minimum absolute atomic E-state index is 0.0408. The zero-order valence-electron chi connectivity index (χ0n) is 12.2. The van der Waals surface area contributed by atoms with E-state index in [-0.39, 0.29) is 11.9 Å². The summed E-state index contributed by atoms with van der Waals surface area (Å²) in [6, 6.07) is 0.585. The van der Waals surface area contributed by atoms with Crippen LogP contribution < -0.4 is 5.32 Å². The Kier molecular flexibility index (Phi) is 4.66. The molecule has 0 aromatic rings. The minimum Gasteiger partial charge on any atom is -0.466 e. The molecule has 2 atom stereocenters. The van der Waals surface area contributed by atoms with E-state index in [1.165, 1.54) is 6.42 Å². The Morgan fingerprint density at radius 1 is 1.42 bits per heavy atom. The standard InChI is InChI=1S/C14H25N3O2/c1-4-19-13(18)11-5-7-17(8-6-11)14(15-3)16-12-9-10(12)2/h10-12H,4-9H2,1-3H3,(H,15,16). The smallest absolute Gasteiger partial charge is 0.309 e. The molecular formula is C14H25N3O2. The lowest BCUT2D eigenvalue weighted by Gasteiger charge is -2.33. The van der Waals surface area contributed by atoms with Crippen LogP contribution in [0.25, 0.3) is 0 Å². The molecule has 1 aliphatic heterocycles. The lowest BCUT2D eigenvalue weighted by molar-refractivity contribution is -0.149. The van der Waals surface area contributed by atoms with Crippen LogP contribution in [0.4, 0.5) is 0 Å². The van der Waals surface area contributed by atoms with Crippen molar-refractivity contribution in [3.05, 3.63) is 0 Å². The van der Waals surface area contributed by atoms with E-state index in [4.69, 9.17) is 4.74 Å². The predicted molar refractivity (Wildman–Crippen MR) is 75.0 cm³/mol. The fourth-order valence-electron chi connectivity index (χ4n) is 2.57. The molecule has 0 radical (unpaired) electrons. The second kappa shape index (κ2) is 6.26. The van der Waals surface area contributed by atoms with Gasteiger partial charge in [-0.1, -0.05) is 6.92 Å². The Morgan fingerprint density at radius 3 is 2.53 bits per heavy atom. The van der Waals surface area contributed by atoms with Crippen LogP contribution in [-0.2, 0) is 9.53 Å². The zero-order valence-corrected chi connectivity index (χ0v) is 12.2. The zero-order chi connectivity index (χ0) is 13.8. The fourth-order valence-corrected chi connectivity index (χ4v) is 2.57. The Bertz CT molecular complexity index is 349. The van der Waals surface area contributed by atoms with E-state index in [9.17, 15) is 4.79 Å². The van der Waals surface area contributed by atoms with Crippen molar-refractivity contribution < 1.29 is 9.53 Å². The maximum absolute atomic E-state index is 11.7. The van der Waals surface area contributed by atoms with Crippen LogP contribution in [0, 0.1) is 11.8 Å². The number of carbonyl (C=O) groups excluding carboxylic acids is 1. The largest absolute Gasteiger partial charge is 0.466 e. The van der Waals surface area contributed by atoms with Gasteiger partial charge in [0.2, 0.25) is 0 Å². The molecular weight excluding hydrogens is 242 g/mol. The van der Waals surface area contributed by atoms with Gasteiger partial charge in [-0.2, -0.15) is 0 Å². The fraction of sp³-hybridized carbons (Fsp3) is 0.857. The molecule has 0 aromatic heterocycles. The lowest BCUT2D eigenvalue weighted by atomic mass is 9.97. The molecule has 0 bridgehead atoms. The third kappa shape index (κ3) is 3.61. The van der Waals surface area contributed by atoms with Crippen LogP contribution in [0.3, 0.4) is 0 Å². The lowest BCUT2D eigenvalue weighted by Crippen LogP contribution is -2.47. The normalized spacial score (nSPS) is 28.2. The summed E-state index contributed by atoms with van der Waals surface area (Å²) in [5.41, 5.74) is 0. The third-order valence-corrected chi connectivity index (χ3v) is 4.05. The Labute approximate surface area is 115 Å². The number of hydrogen-bond acceptors (Lipinski definition) is 3. The molecule has 19 heavy (non-hydrogen) atoms. The molecule has 1 saturated carbocycles. The summed E-state index contributed by atoms with van der Waals surface area (Å²) in [7, 11) is 1.83. The van der Waals surface area contributed by atoms with E-state index in [0.29, 0.717) is 12.6 Å². The SMILES string of the molecule is CCOC(=O)C1CCN(C(=NC)NC2CC2C)CC1. The second-order valence-electron chi connectivity index (χ2n) is 5.52. The van der Waals surface area contributed by atoms with Crippen LogP contribution in [-0.4, -0.2) is 49.6 Å².